The molecule has 2 heterocycles. The molecule has 2 atom stereocenters. The van der Waals surface area contributed by atoms with Crippen LogP contribution < -0.4 is 0 Å². The zero-order chi connectivity index (χ0) is 22.0. The van der Waals surface area contributed by atoms with Crippen LogP contribution in [0, 0.1) is 0 Å². The number of esters is 1. The van der Waals surface area contributed by atoms with Gasteiger partial charge in [0.2, 0.25) is 0 Å². The Morgan fingerprint density at radius 1 is 1.31 bits per heavy atom. The standard InChI is InChI=1S/C20H31NO8/c1-19(2,3)29-18(24)21-12(11-27-20(21,4)5)8-9-13-10-14(22)15(25-6)16(28-13)17(23)26-7/h10,12,14,22H,8-9,11H2,1-7H3. The highest BCUT2D eigenvalue weighted by Gasteiger charge is 2.45. The van der Waals surface area contributed by atoms with Crippen LogP contribution >= 0.6 is 0 Å². The summed E-state index contributed by atoms with van der Waals surface area (Å²) in [4.78, 5) is 26.2. The predicted octanol–water partition coefficient (Wildman–Crippen LogP) is 2.44. The highest BCUT2D eigenvalue weighted by molar-refractivity contribution is 5.87. The molecule has 2 rings (SSSR count). The molecule has 1 fully saturated rings. The second-order valence-corrected chi connectivity index (χ2v) is 8.37. The highest BCUT2D eigenvalue weighted by atomic mass is 16.6. The van der Waals surface area contributed by atoms with Crippen LogP contribution in [0.5, 0.6) is 0 Å². The molecule has 9 nitrogen and oxygen atoms in total. The summed E-state index contributed by atoms with van der Waals surface area (Å²) in [6.45, 7) is 9.37. The molecule has 1 N–H and O–H groups in total. The van der Waals surface area contributed by atoms with E-state index in [2.05, 4.69) is 4.74 Å². The van der Waals surface area contributed by atoms with Gasteiger partial charge < -0.3 is 28.8 Å². The van der Waals surface area contributed by atoms with Gasteiger partial charge in [0, 0.05) is 6.42 Å². The van der Waals surface area contributed by atoms with E-state index in [0.29, 0.717) is 25.2 Å². The van der Waals surface area contributed by atoms with Gasteiger partial charge in [0.1, 0.15) is 23.2 Å². The second kappa shape index (κ2) is 8.62. The lowest BCUT2D eigenvalue weighted by atomic mass is 10.1. The minimum atomic E-state index is -1.13. The molecule has 2 aliphatic rings. The molecule has 9 heteroatoms. The van der Waals surface area contributed by atoms with Crippen molar-refractivity contribution < 1.29 is 38.4 Å². The van der Waals surface area contributed by atoms with Crippen molar-refractivity contribution >= 4 is 12.1 Å². The van der Waals surface area contributed by atoms with Crippen LogP contribution in [-0.4, -0.2) is 66.4 Å². The summed E-state index contributed by atoms with van der Waals surface area (Å²) >= 11 is 0. The first-order valence-corrected chi connectivity index (χ1v) is 9.49. The number of carbonyl (C=O) groups excluding carboxylic acids is 2. The van der Waals surface area contributed by atoms with Gasteiger partial charge in [-0.2, -0.15) is 0 Å². The summed E-state index contributed by atoms with van der Waals surface area (Å²) in [5, 5.41) is 10.2. The Hall–Kier alpha value is -2.26. The van der Waals surface area contributed by atoms with Gasteiger partial charge in [0.15, 0.2) is 5.76 Å². The Morgan fingerprint density at radius 3 is 2.52 bits per heavy atom. The molecule has 29 heavy (non-hydrogen) atoms. The molecule has 0 bridgehead atoms. The molecule has 1 saturated heterocycles. The lowest BCUT2D eigenvalue weighted by Crippen LogP contribution is -2.49. The molecule has 2 aliphatic heterocycles. The number of hydrogen-bond donors (Lipinski definition) is 1. The van der Waals surface area contributed by atoms with E-state index >= 15 is 0 Å². The van der Waals surface area contributed by atoms with Crippen LogP contribution in [0.3, 0.4) is 0 Å². The molecule has 2 unspecified atom stereocenters. The van der Waals surface area contributed by atoms with Crippen LogP contribution in [-0.2, 0) is 28.5 Å². The molecular formula is C20H31NO8. The Kier molecular flexibility index (Phi) is 6.85. The van der Waals surface area contributed by atoms with E-state index in [1.54, 1.807) is 39.5 Å². The summed E-state index contributed by atoms with van der Waals surface area (Å²) in [5.41, 5.74) is -1.44. The summed E-state index contributed by atoms with van der Waals surface area (Å²) in [6, 6.07) is -0.254. The first kappa shape index (κ1) is 23.0. The van der Waals surface area contributed by atoms with Crippen LogP contribution in [0.25, 0.3) is 0 Å². The molecule has 0 aromatic rings. The number of amides is 1. The van der Waals surface area contributed by atoms with Gasteiger partial charge in [-0.25, -0.2) is 9.59 Å². The molecule has 1 amide bonds. The Bertz CT molecular complexity index is 704. The molecule has 0 saturated carbocycles. The van der Waals surface area contributed by atoms with E-state index in [0.717, 1.165) is 0 Å². The van der Waals surface area contributed by atoms with Crippen molar-refractivity contribution in [3.05, 3.63) is 23.4 Å². The minimum absolute atomic E-state index is 0.0127. The van der Waals surface area contributed by atoms with Gasteiger partial charge in [-0.05, 0) is 47.1 Å². The lowest BCUT2D eigenvalue weighted by molar-refractivity contribution is -0.140. The van der Waals surface area contributed by atoms with Gasteiger partial charge in [-0.15, -0.1) is 0 Å². The fourth-order valence-corrected chi connectivity index (χ4v) is 3.27. The predicted molar refractivity (Wildman–Crippen MR) is 102 cm³/mol. The zero-order valence-electron chi connectivity index (χ0n) is 18.1. The number of rotatable bonds is 5. The van der Waals surface area contributed by atoms with Gasteiger partial charge in [0.25, 0.3) is 5.76 Å². The third-order valence-corrected chi connectivity index (χ3v) is 4.55. The van der Waals surface area contributed by atoms with Crippen molar-refractivity contribution in [3.63, 3.8) is 0 Å². The first-order chi connectivity index (χ1) is 13.4. The number of hydrogen-bond acceptors (Lipinski definition) is 8. The third-order valence-electron chi connectivity index (χ3n) is 4.55. The van der Waals surface area contributed by atoms with Gasteiger partial charge in [-0.1, -0.05) is 0 Å². The summed E-state index contributed by atoms with van der Waals surface area (Å²) < 4.78 is 26.7. The van der Waals surface area contributed by atoms with E-state index in [1.165, 1.54) is 20.3 Å². The van der Waals surface area contributed by atoms with Crippen molar-refractivity contribution in [2.24, 2.45) is 0 Å². The maximum absolute atomic E-state index is 12.7. The Morgan fingerprint density at radius 2 is 1.97 bits per heavy atom. The summed E-state index contributed by atoms with van der Waals surface area (Å²) in [5.74, 6) is -0.562. The van der Waals surface area contributed by atoms with Crippen LogP contribution in [0.15, 0.2) is 23.4 Å². The fourth-order valence-electron chi connectivity index (χ4n) is 3.27. The molecule has 0 spiro atoms. The monoisotopic (exact) mass is 413 g/mol. The van der Waals surface area contributed by atoms with Gasteiger partial charge in [0.05, 0.1) is 26.9 Å². The second-order valence-electron chi connectivity index (χ2n) is 8.37. The van der Waals surface area contributed by atoms with Crippen LogP contribution in [0.1, 0.15) is 47.5 Å². The number of nitrogens with zero attached hydrogens (tertiary/aromatic N) is 1. The highest BCUT2D eigenvalue weighted by Crippen LogP contribution is 2.33. The molecular weight excluding hydrogens is 382 g/mol. The van der Waals surface area contributed by atoms with Crippen molar-refractivity contribution in [2.75, 3.05) is 20.8 Å². The smallest absolute Gasteiger partial charge is 0.412 e. The lowest BCUT2D eigenvalue weighted by Gasteiger charge is -2.35. The third kappa shape index (κ3) is 5.42. The van der Waals surface area contributed by atoms with E-state index < -0.39 is 29.5 Å². The number of methoxy groups -OCH3 is 2. The number of aliphatic hydroxyl groups excluding tert-OH is 1. The average Bonchev–Trinajstić information content (AvgIpc) is 2.91. The fraction of sp³-hybridized carbons (Fsp3) is 0.700. The van der Waals surface area contributed by atoms with E-state index in [4.69, 9.17) is 18.9 Å². The first-order valence-electron chi connectivity index (χ1n) is 9.49. The largest absolute Gasteiger partial charge is 0.494 e. The molecule has 0 aromatic carbocycles. The number of ether oxygens (including phenoxy) is 5. The van der Waals surface area contributed by atoms with Crippen molar-refractivity contribution in [1.82, 2.24) is 4.90 Å². The number of aliphatic hydroxyl groups is 1. The quantitative estimate of drug-likeness (QED) is 0.686. The maximum Gasteiger partial charge on any atom is 0.412 e. The van der Waals surface area contributed by atoms with Crippen molar-refractivity contribution in [3.8, 4) is 0 Å². The van der Waals surface area contributed by atoms with Crippen molar-refractivity contribution in [2.45, 2.75) is 70.9 Å². The molecule has 0 aromatic heterocycles. The SMILES string of the molecule is COC(=O)C1=C(OC)C(O)C=C(CCC2COC(C)(C)N2C(=O)OC(C)(C)C)O1. The van der Waals surface area contributed by atoms with E-state index in [1.807, 2.05) is 0 Å². The van der Waals surface area contributed by atoms with Crippen LogP contribution in [0.2, 0.25) is 0 Å². The minimum Gasteiger partial charge on any atom is -0.494 e. The van der Waals surface area contributed by atoms with E-state index in [-0.39, 0.29) is 17.6 Å². The van der Waals surface area contributed by atoms with Gasteiger partial charge >= 0.3 is 12.1 Å². The Labute approximate surface area is 171 Å². The average molecular weight is 413 g/mol. The topological polar surface area (TPSA) is 104 Å². The van der Waals surface area contributed by atoms with E-state index in [9.17, 15) is 14.7 Å². The van der Waals surface area contributed by atoms with Crippen LogP contribution in [0.4, 0.5) is 4.79 Å². The summed E-state index contributed by atoms with van der Waals surface area (Å²) in [7, 11) is 2.55. The number of allylic oxidation sites excluding steroid dienone is 1. The normalized spacial score (nSPS) is 24.0. The molecule has 0 radical (unpaired) electrons. The molecule has 164 valence electrons. The van der Waals surface area contributed by atoms with Crippen molar-refractivity contribution in [1.29, 1.82) is 0 Å². The molecule has 0 aliphatic carbocycles. The zero-order valence-corrected chi connectivity index (χ0v) is 18.1. The number of carbonyl (C=O) groups is 2. The summed E-state index contributed by atoms with van der Waals surface area (Å²) in [6.07, 6.45) is 0.719. The van der Waals surface area contributed by atoms with Gasteiger partial charge in [-0.3, -0.25) is 4.90 Å². The Balaban J connectivity index is 2.10. The maximum atomic E-state index is 12.7.